The first-order valence-electron chi connectivity index (χ1n) is 9.79. The molecule has 3 rings (SSSR count). The van der Waals surface area contributed by atoms with E-state index < -0.39 is 11.8 Å². The smallest absolute Gasteiger partial charge is 0.273 e. The Kier molecular flexibility index (Phi) is 7.48. The zero-order chi connectivity index (χ0) is 23.8. The minimum atomic E-state index is -0.508. The number of carbonyl (C=O) groups is 2. The number of hydrogen-bond donors (Lipinski definition) is 3. The zero-order valence-electron chi connectivity index (χ0n) is 18.3. The fourth-order valence-corrected chi connectivity index (χ4v) is 2.98. The number of para-hydroxylation sites is 1. The highest BCUT2D eigenvalue weighted by Gasteiger charge is 2.19. The van der Waals surface area contributed by atoms with Gasteiger partial charge < -0.3 is 24.6 Å². The average molecular weight is 449 g/mol. The van der Waals surface area contributed by atoms with Crippen LogP contribution in [-0.2, 0) is 0 Å². The lowest BCUT2D eigenvalue weighted by Crippen LogP contribution is -2.21. The Bertz CT molecular complexity index is 1150. The van der Waals surface area contributed by atoms with E-state index in [9.17, 15) is 14.7 Å². The summed E-state index contributed by atoms with van der Waals surface area (Å²) in [5.41, 5.74) is 3.90. The number of nitrogens with one attached hydrogen (secondary N) is 2. The van der Waals surface area contributed by atoms with Crippen LogP contribution >= 0.6 is 0 Å². The topological polar surface area (TPSA) is 118 Å². The van der Waals surface area contributed by atoms with Crippen molar-refractivity contribution in [1.29, 1.82) is 0 Å². The molecule has 0 aliphatic rings. The minimum Gasteiger partial charge on any atom is -0.508 e. The van der Waals surface area contributed by atoms with Crippen LogP contribution in [0.25, 0.3) is 0 Å². The van der Waals surface area contributed by atoms with Gasteiger partial charge in [-0.05, 0) is 54.1 Å². The van der Waals surface area contributed by atoms with E-state index in [1.54, 1.807) is 36.4 Å². The number of methoxy groups -OCH3 is 3. The highest BCUT2D eigenvalue weighted by molar-refractivity contribution is 6.09. The van der Waals surface area contributed by atoms with Crippen molar-refractivity contribution >= 4 is 23.7 Å². The summed E-state index contributed by atoms with van der Waals surface area (Å²) in [5.74, 6) is 0.178. The lowest BCUT2D eigenvalue weighted by molar-refractivity contribution is 0.0956. The molecule has 3 aromatic rings. The molecule has 0 saturated heterocycles. The van der Waals surface area contributed by atoms with Crippen LogP contribution in [0.4, 0.5) is 5.69 Å². The molecule has 0 spiro atoms. The zero-order valence-corrected chi connectivity index (χ0v) is 18.3. The fraction of sp³-hybridized carbons (Fsp3) is 0.125. The second kappa shape index (κ2) is 10.7. The van der Waals surface area contributed by atoms with E-state index in [1.807, 2.05) is 0 Å². The Morgan fingerprint density at radius 2 is 1.52 bits per heavy atom. The van der Waals surface area contributed by atoms with Gasteiger partial charge in [0.05, 0.1) is 38.8 Å². The molecule has 0 atom stereocenters. The molecule has 3 N–H and O–H groups in total. The lowest BCUT2D eigenvalue weighted by Gasteiger charge is -2.15. The van der Waals surface area contributed by atoms with Gasteiger partial charge in [0.25, 0.3) is 11.8 Å². The molecule has 0 saturated carbocycles. The number of carbonyl (C=O) groups excluding carboxylic acids is 2. The van der Waals surface area contributed by atoms with Gasteiger partial charge in [-0.25, -0.2) is 5.43 Å². The maximum absolute atomic E-state index is 12.9. The summed E-state index contributed by atoms with van der Waals surface area (Å²) in [6, 6.07) is 15.9. The molecule has 2 amide bonds. The van der Waals surface area contributed by atoms with Crippen LogP contribution in [0, 0.1) is 0 Å². The van der Waals surface area contributed by atoms with Gasteiger partial charge in [0.15, 0.2) is 11.5 Å². The number of phenols is 1. The maximum Gasteiger partial charge on any atom is 0.273 e. The maximum atomic E-state index is 12.9. The van der Waals surface area contributed by atoms with Gasteiger partial charge in [0, 0.05) is 5.56 Å². The second-order valence-corrected chi connectivity index (χ2v) is 6.70. The third-order valence-electron chi connectivity index (χ3n) is 4.62. The number of hydrazone groups is 1. The van der Waals surface area contributed by atoms with Crippen molar-refractivity contribution in [2.45, 2.75) is 0 Å². The molecular formula is C24H23N3O6. The van der Waals surface area contributed by atoms with Gasteiger partial charge in [0.2, 0.25) is 5.75 Å². The predicted octanol–water partition coefficient (Wildman–Crippen LogP) is 3.43. The summed E-state index contributed by atoms with van der Waals surface area (Å²) in [4.78, 5) is 25.5. The van der Waals surface area contributed by atoms with Gasteiger partial charge >= 0.3 is 0 Å². The molecule has 0 heterocycles. The van der Waals surface area contributed by atoms with E-state index >= 15 is 0 Å². The Morgan fingerprint density at radius 1 is 0.879 bits per heavy atom. The molecule has 0 bridgehead atoms. The molecule has 0 fully saturated rings. The van der Waals surface area contributed by atoms with E-state index in [1.165, 1.54) is 51.8 Å². The molecule has 3 aromatic carbocycles. The molecule has 0 aliphatic carbocycles. The highest BCUT2D eigenvalue weighted by atomic mass is 16.5. The number of ether oxygens (including phenoxy) is 3. The van der Waals surface area contributed by atoms with Crippen molar-refractivity contribution < 1.29 is 28.9 Å². The van der Waals surface area contributed by atoms with Crippen molar-refractivity contribution in [1.82, 2.24) is 5.43 Å². The van der Waals surface area contributed by atoms with Crippen molar-refractivity contribution in [2.24, 2.45) is 5.10 Å². The van der Waals surface area contributed by atoms with Crippen LogP contribution in [0.1, 0.15) is 26.3 Å². The molecule has 9 nitrogen and oxygen atoms in total. The van der Waals surface area contributed by atoms with E-state index in [0.29, 0.717) is 28.5 Å². The number of benzene rings is 3. The van der Waals surface area contributed by atoms with E-state index in [4.69, 9.17) is 14.2 Å². The number of amides is 2. The first-order chi connectivity index (χ1) is 16.0. The molecule has 170 valence electrons. The van der Waals surface area contributed by atoms with E-state index in [2.05, 4.69) is 15.8 Å². The number of hydrogen-bond acceptors (Lipinski definition) is 7. The molecule has 0 aliphatic heterocycles. The van der Waals surface area contributed by atoms with Crippen LogP contribution in [0.2, 0.25) is 0 Å². The summed E-state index contributed by atoms with van der Waals surface area (Å²) in [6.45, 7) is 0. The van der Waals surface area contributed by atoms with Crippen LogP contribution in [0.3, 0.4) is 0 Å². The SMILES string of the molecule is COc1cc(C(=O)Nc2ccccc2C(=O)N/N=C\c2ccc(O)cc2)cc(OC)c1OC. The fourth-order valence-electron chi connectivity index (χ4n) is 2.98. The molecular weight excluding hydrogens is 426 g/mol. The Hall–Kier alpha value is -4.53. The van der Waals surface area contributed by atoms with Crippen LogP contribution in [-0.4, -0.2) is 44.5 Å². The molecule has 0 unspecified atom stereocenters. The van der Waals surface area contributed by atoms with Gasteiger partial charge in [-0.1, -0.05) is 12.1 Å². The molecule has 0 radical (unpaired) electrons. The van der Waals surface area contributed by atoms with Crippen LogP contribution in [0.5, 0.6) is 23.0 Å². The second-order valence-electron chi connectivity index (χ2n) is 6.70. The molecule has 0 aromatic heterocycles. The normalized spacial score (nSPS) is 10.5. The number of anilines is 1. The minimum absolute atomic E-state index is 0.132. The number of phenolic OH excluding ortho intramolecular Hbond substituents is 1. The van der Waals surface area contributed by atoms with E-state index in [0.717, 1.165) is 0 Å². The van der Waals surface area contributed by atoms with E-state index in [-0.39, 0.29) is 16.9 Å². The van der Waals surface area contributed by atoms with Crippen molar-refractivity contribution in [3.05, 3.63) is 77.4 Å². The summed E-state index contributed by atoms with van der Waals surface area (Å²) < 4.78 is 15.9. The van der Waals surface area contributed by atoms with Gasteiger partial charge in [0.1, 0.15) is 5.75 Å². The Balaban J connectivity index is 1.78. The van der Waals surface area contributed by atoms with Crippen molar-refractivity contribution in [3.8, 4) is 23.0 Å². The van der Waals surface area contributed by atoms with Crippen molar-refractivity contribution in [3.63, 3.8) is 0 Å². The molecule has 9 heteroatoms. The first-order valence-corrected chi connectivity index (χ1v) is 9.79. The van der Waals surface area contributed by atoms with Crippen LogP contribution in [0.15, 0.2) is 65.8 Å². The number of rotatable bonds is 8. The van der Waals surface area contributed by atoms with Gasteiger partial charge in [-0.3, -0.25) is 9.59 Å². The number of nitrogens with zero attached hydrogens (tertiary/aromatic N) is 1. The largest absolute Gasteiger partial charge is 0.508 e. The van der Waals surface area contributed by atoms with Gasteiger partial charge in [-0.2, -0.15) is 5.10 Å². The summed E-state index contributed by atoms with van der Waals surface area (Å²) in [7, 11) is 4.38. The third kappa shape index (κ3) is 5.59. The molecule has 33 heavy (non-hydrogen) atoms. The monoisotopic (exact) mass is 449 g/mol. The quantitative estimate of drug-likeness (QED) is 0.358. The highest BCUT2D eigenvalue weighted by Crippen LogP contribution is 2.38. The summed E-state index contributed by atoms with van der Waals surface area (Å²) in [5, 5.41) is 16.0. The standard InChI is InChI=1S/C24H23N3O6/c1-31-20-12-16(13-21(32-2)22(20)33-3)23(29)26-19-7-5-4-6-18(19)24(30)27-25-14-15-8-10-17(28)11-9-15/h4-14,28H,1-3H3,(H,26,29)(H,27,30)/b25-14-. The van der Waals surface area contributed by atoms with Crippen molar-refractivity contribution in [2.75, 3.05) is 26.6 Å². The Morgan fingerprint density at radius 3 is 2.12 bits per heavy atom. The first kappa shape index (κ1) is 23.1. The van der Waals surface area contributed by atoms with Crippen LogP contribution < -0.4 is 25.0 Å². The average Bonchev–Trinajstić information content (AvgIpc) is 2.84. The summed E-state index contributed by atoms with van der Waals surface area (Å²) >= 11 is 0. The number of aromatic hydroxyl groups is 1. The predicted molar refractivity (Wildman–Crippen MR) is 124 cm³/mol. The Labute approximate surface area is 190 Å². The van der Waals surface area contributed by atoms with Gasteiger partial charge in [-0.15, -0.1) is 0 Å². The lowest BCUT2D eigenvalue weighted by atomic mass is 10.1. The summed E-state index contributed by atoms with van der Waals surface area (Å²) in [6.07, 6.45) is 1.44. The third-order valence-corrected chi connectivity index (χ3v) is 4.62.